The van der Waals surface area contributed by atoms with Crippen molar-refractivity contribution in [1.82, 2.24) is 19.7 Å². The second-order valence-electron chi connectivity index (χ2n) is 3.62. The Labute approximate surface area is 101 Å². The summed E-state index contributed by atoms with van der Waals surface area (Å²) in [6, 6.07) is 2.24. The average molecular weight is 257 g/mol. The molecule has 8 heteroatoms. The van der Waals surface area contributed by atoms with Gasteiger partial charge in [0, 0.05) is 13.2 Å². The van der Waals surface area contributed by atoms with Crippen molar-refractivity contribution in [3.63, 3.8) is 0 Å². The number of nitrogens with one attached hydrogen (secondary N) is 1. The highest BCUT2D eigenvalue weighted by Gasteiger charge is 2.30. The fourth-order valence-corrected chi connectivity index (χ4v) is 1.30. The number of rotatable bonds is 3. The van der Waals surface area contributed by atoms with Crippen molar-refractivity contribution in [1.29, 1.82) is 0 Å². The van der Waals surface area contributed by atoms with E-state index in [1.807, 2.05) is 0 Å². The molecule has 0 bridgehead atoms. The molecular formula is C10H10F3N5. The summed E-state index contributed by atoms with van der Waals surface area (Å²) in [6.45, 7) is 0.305. The van der Waals surface area contributed by atoms with E-state index in [4.69, 9.17) is 0 Å². The van der Waals surface area contributed by atoms with Crippen LogP contribution in [0.4, 0.5) is 19.0 Å². The summed E-state index contributed by atoms with van der Waals surface area (Å²) in [5, 5.41) is 6.85. The van der Waals surface area contributed by atoms with Crippen LogP contribution in [0, 0.1) is 0 Å². The predicted molar refractivity (Wildman–Crippen MR) is 57.6 cm³/mol. The van der Waals surface area contributed by atoms with Gasteiger partial charge in [-0.1, -0.05) is 0 Å². The van der Waals surface area contributed by atoms with Crippen LogP contribution in [-0.4, -0.2) is 19.7 Å². The van der Waals surface area contributed by atoms with Crippen molar-refractivity contribution in [3.05, 3.63) is 36.0 Å². The molecule has 0 spiro atoms. The molecule has 1 N–H and O–H groups in total. The Balaban J connectivity index is 1.98. The largest absolute Gasteiger partial charge is 0.417 e. The maximum atomic E-state index is 12.3. The lowest BCUT2D eigenvalue weighted by Gasteiger charge is -2.07. The summed E-state index contributed by atoms with van der Waals surface area (Å²) in [5.41, 5.74) is -0.774. The van der Waals surface area contributed by atoms with Crippen LogP contribution < -0.4 is 5.32 Å². The molecule has 2 aromatic rings. The second-order valence-corrected chi connectivity index (χ2v) is 3.62. The fraction of sp³-hybridized carbons (Fsp3) is 0.300. The summed E-state index contributed by atoms with van der Waals surface area (Å²) in [5.74, 6) is 0.884. The molecule has 18 heavy (non-hydrogen) atoms. The standard InChI is InChI=1S/C10H10F3N5/c1-18-6-16-9(17-18)5-15-8-3-2-7(4-14-8)10(11,12)13/h2-4,6H,5H2,1H3,(H,14,15). The van der Waals surface area contributed by atoms with Gasteiger partial charge in [0.25, 0.3) is 0 Å². The molecule has 0 radical (unpaired) electrons. The molecule has 2 heterocycles. The molecule has 0 saturated heterocycles. The number of hydrogen-bond donors (Lipinski definition) is 1. The molecule has 0 aliphatic heterocycles. The van der Waals surface area contributed by atoms with E-state index in [9.17, 15) is 13.2 Å². The third kappa shape index (κ3) is 2.96. The summed E-state index contributed by atoms with van der Waals surface area (Å²) < 4.78 is 38.4. The zero-order chi connectivity index (χ0) is 13.2. The summed E-state index contributed by atoms with van der Waals surface area (Å²) >= 11 is 0. The molecule has 2 rings (SSSR count). The van der Waals surface area contributed by atoms with Gasteiger partial charge < -0.3 is 5.32 Å². The normalized spacial score (nSPS) is 11.6. The molecular weight excluding hydrogens is 247 g/mol. The number of hydrogen-bond acceptors (Lipinski definition) is 4. The molecule has 0 unspecified atom stereocenters. The van der Waals surface area contributed by atoms with Crippen molar-refractivity contribution in [2.75, 3.05) is 5.32 Å². The number of nitrogens with zero attached hydrogens (tertiary/aromatic N) is 4. The number of pyridine rings is 1. The number of alkyl halides is 3. The number of halogens is 3. The van der Waals surface area contributed by atoms with Gasteiger partial charge in [0.15, 0.2) is 5.82 Å². The lowest BCUT2D eigenvalue weighted by atomic mass is 10.3. The maximum Gasteiger partial charge on any atom is 0.417 e. The van der Waals surface area contributed by atoms with Crippen molar-refractivity contribution in [2.24, 2.45) is 7.05 Å². The van der Waals surface area contributed by atoms with Crippen LogP contribution in [0.3, 0.4) is 0 Å². The average Bonchev–Trinajstić information content (AvgIpc) is 2.72. The first-order chi connectivity index (χ1) is 8.45. The van der Waals surface area contributed by atoms with Crippen molar-refractivity contribution in [2.45, 2.75) is 12.7 Å². The zero-order valence-electron chi connectivity index (χ0n) is 9.44. The first-order valence-electron chi connectivity index (χ1n) is 5.07. The summed E-state index contributed by atoms with van der Waals surface area (Å²) in [4.78, 5) is 7.64. The molecule has 0 aliphatic rings. The van der Waals surface area contributed by atoms with E-state index in [0.29, 0.717) is 18.2 Å². The van der Waals surface area contributed by atoms with Crippen molar-refractivity contribution >= 4 is 5.82 Å². The Morgan fingerprint density at radius 3 is 2.56 bits per heavy atom. The predicted octanol–water partition coefficient (Wildman–Crippen LogP) is 1.84. The van der Waals surface area contributed by atoms with Crippen LogP contribution in [0.25, 0.3) is 0 Å². The highest BCUT2D eigenvalue weighted by Crippen LogP contribution is 2.28. The van der Waals surface area contributed by atoms with Gasteiger partial charge in [-0.15, -0.1) is 0 Å². The molecule has 2 aromatic heterocycles. The quantitative estimate of drug-likeness (QED) is 0.911. The third-order valence-electron chi connectivity index (χ3n) is 2.17. The van der Waals surface area contributed by atoms with Gasteiger partial charge in [0.05, 0.1) is 12.1 Å². The van der Waals surface area contributed by atoms with Crippen molar-refractivity contribution in [3.8, 4) is 0 Å². The Bertz CT molecular complexity index is 517. The van der Waals surface area contributed by atoms with Gasteiger partial charge >= 0.3 is 6.18 Å². The van der Waals surface area contributed by atoms with E-state index in [2.05, 4.69) is 20.4 Å². The van der Waals surface area contributed by atoms with Gasteiger partial charge in [-0.05, 0) is 12.1 Å². The van der Waals surface area contributed by atoms with Crippen LogP contribution in [-0.2, 0) is 19.8 Å². The van der Waals surface area contributed by atoms with Crippen molar-refractivity contribution < 1.29 is 13.2 Å². The molecule has 0 amide bonds. The van der Waals surface area contributed by atoms with Gasteiger partial charge in [0.2, 0.25) is 0 Å². The van der Waals surface area contributed by atoms with Gasteiger partial charge in [-0.3, -0.25) is 4.68 Å². The van der Waals surface area contributed by atoms with Gasteiger partial charge in [-0.25, -0.2) is 9.97 Å². The number of aryl methyl sites for hydroxylation is 1. The molecule has 0 fully saturated rings. The minimum atomic E-state index is -4.37. The van der Waals surface area contributed by atoms with Crippen LogP contribution >= 0.6 is 0 Å². The van der Waals surface area contributed by atoms with Gasteiger partial charge in [0.1, 0.15) is 12.1 Å². The van der Waals surface area contributed by atoms with E-state index in [0.717, 1.165) is 12.3 Å². The molecule has 0 aliphatic carbocycles. The first-order valence-corrected chi connectivity index (χ1v) is 5.07. The van der Waals surface area contributed by atoms with E-state index in [1.165, 1.54) is 17.1 Å². The van der Waals surface area contributed by atoms with Crippen LogP contribution in [0.5, 0.6) is 0 Å². The zero-order valence-corrected chi connectivity index (χ0v) is 9.44. The molecule has 96 valence electrons. The number of aromatic nitrogens is 4. The number of anilines is 1. The first kappa shape index (κ1) is 12.3. The highest BCUT2D eigenvalue weighted by molar-refractivity contribution is 5.36. The lowest BCUT2D eigenvalue weighted by molar-refractivity contribution is -0.137. The van der Waals surface area contributed by atoms with Crippen LogP contribution in [0.2, 0.25) is 0 Å². The topological polar surface area (TPSA) is 55.6 Å². The molecule has 0 saturated carbocycles. The van der Waals surface area contributed by atoms with E-state index in [-0.39, 0.29) is 0 Å². The Morgan fingerprint density at radius 2 is 2.06 bits per heavy atom. The minimum absolute atomic E-state index is 0.305. The molecule has 5 nitrogen and oxygen atoms in total. The van der Waals surface area contributed by atoms with Gasteiger partial charge in [-0.2, -0.15) is 18.3 Å². The monoisotopic (exact) mass is 257 g/mol. The highest BCUT2D eigenvalue weighted by atomic mass is 19.4. The minimum Gasteiger partial charge on any atom is -0.363 e. The fourth-order valence-electron chi connectivity index (χ4n) is 1.30. The Hall–Kier alpha value is -2.12. The Morgan fingerprint density at radius 1 is 1.28 bits per heavy atom. The molecule has 0 atom stereocenters. The smallest absolute Gasteiger partial charge is 0.363 e. The van der Waals surface area contributed by atoms with E-state index >= 15 is 0 Å². The molecule has 0 aromatic carbocycles. The van der Waals surface area contributed by atoms with Crippen LogP contribution in [0.1, 0.15) is 11.4 Å². The second kappa shape index (κ2) is 4.63. The summed E-state index contributed by atoms with van der Waals surface area (Å²) in [6.07, 6.45) is -2.04. The third-order valence-corrected chi connectivity index (χ3v) is 2.17. The Kier molecular flexibility index (Phi) is 3.17. The van der Waals surface area contributed by atoms with Crippen LogP contribution in [0.15, 0.2) is 24.7 Å². The SMILES string of the molecule is Cn1cnc(CNc2ccc(C(F)(F)F)cn2)n1. The van der Waals surface area contributed by atoms with E-state index in [1.54, 1.807) is 7.05 Å². The maximum absolute atomic E-state index is 12.3. The lowest BCUT2D eigenvalue weighted by Crippen LogP contribution is -2.07. The van der Waals surface area contributed by atoms with E-state index < -0.39 is 11.7 Å². The summed E-state index contributed by atoms with van der Waals surface area (Å²) in [7, 11) is 1.73.